The van der Waals surface area contributed by atoms with Crippen LogP contribution in [0.15, 0.2) is 35.9 Å². The number of rotatable bonds is 2. The van der Waals surface area contributed by atoms with Crippen molar-refractivity contribution >= 4 is 35.3 Å². The van der Waals surface area contributed by atoms with Gasteiger partial charge in [-0.15, -0.1) is 0 Å². The Balaban J connectivity index is 1.79. The van der Waals surface area contributed by atoms with Crippen LogP contribution in [0, 0.1) is 20.8 Å². The molecule has 6 heteroatoms. The summed E-state index contributed by atoms with van der Waals surface area (Å²) in [6, 6.07) is 8.91. The smallest absolute Gasteiger partial charge is 0.335 e. The molecule has 0 unspecified atom stereocenters. The van der Waals surface area contributed by atoms with Gasteiger partial charge in [0.2, 0.25) is 0 Å². The van der Waals surface area contributed by atoms with E-state index in [-0.39, 0.29) is 11.1 Å². The van der Waals surface area contributed by atoms with E-state index in [0.717, 1.165) is 33.6 Å². The maximum atomic E-state index is 13.4. The number of fused-ring (bicyclic) bond motifs is 1. The molecule has 0 aliphatic carbocycles. The maximum absolute atomic E-state index is 13.4. The Kier molecular flexibility index (Phi) is 5.43. The first-order valence-corrected chi connectivity index (χ1v) is 11.3. The SMILES string of the molecule is Cc1cc2c(cc1/C=C1\C(=O)NC(=O)N(c3cccc(C)c3C)C1=O)[C@H](C)CC(C)(C)N2C. The molecule has 6 nitrogen and oxygen atoms in total. The van der Waals surface area contributed by atoms with Crippen LogP contribution in [-0.2, 0) is 9.59 Å². The molecule has 2 aromatic carbocycles. The number of nitrogens with one attached hydrogen (secondary N) is 1. The second kappa shape index (κ2) is 7.87. The van der Waals surface area contributed by atoms with Crippen LogP contribution < -0.4 is 15.1 Å². The average molecular weight is 446 g/mol. The van der Waals surface area contributed by atoms with E-state index < -0.39 is 17.8 Å². The fourth-order valence-corrected chi connectivity index (χ4v) is 4.90. The van der Waals surface area contributed by atoms with Gasteiger partial charge < -0.3 is 4.90 Å². The van der Waals surface area contributed by atoms with Crippen LogP contribution in [0.25, 0.3) is 6.08 Å². The molecule has 0 saturated carbocycles. The monoisotopic (exact) mass is 445 g/mol. The lowest BCUT2D eigenvalue weighted by Gasteiger charge is -2.45. The average Bonchev–Trinajstić information content (AvgIpc) is 2.72. The van der Waals surface area contributed by atoms with Crippen molar-refractivity contribution in [1.82, 2.24) is 5.32 Å². The highest BCUT2D eigenvalue weighted by atomic mass is 16.2. The van der Waals surface area contributed by atoms with Gasteiger partial charge in [0.25, 0.3) is 11.8 Å². The van der Waals surface area contributed by atoms with Gasteiger partial charge in [0.1, 0.15) is 5.57 Å². The number of barbiturate groups is 1. The first-order valence-electron chi connectivity index (χ1n) is 11.3. The fourth-order valence-electron chi connectivity index (χ4n) is 4.90. The van der Waals surface area contributed by atoms with Gasteiger partial charge in [0.05, 0.1) is 5.69 Å². The minimum absolute atomic E-state index is 0.0456. The molecule has 4 amide bonds. The molecule has 0 spiro atoms. The summed E-state index contributed by atoms with van der Waals surface area (Å²) in [6.07, 6.45) is 2.62. The van der Waals surface area contributed by atoms with Crippen LogP contribution in [0.2, 0.25) is 0 Å². The molecule has 172 valence electrons. The molecule has 0 bridgehead atoms. The third kappa shape index (κ3) is 3.73. The number of carbonyl (C=O) groups is 3. The van der Waals surface area contributed by atoms with Crippen molar-refractivity contribution in [3.8, 4) is 0 Å². The van der Waals surface area contributed by atoms with Crippen molar-refractivity contribution in [2.75, 3.05) is 16.8 Å². The summed E-state index contributed by atoms with van der Waals surface area (Å²) in [5.41, 5.74) is 6.40. The number of hydrogen-bond acceptors (Lipinski definition) is 4. The van der Waals surface area contributed by atoms with Gasteiger partial charge in [0, 0.05) is 18.3 Å². The normalized spacial score (nSPS) is 21.4. The van der Waals surface area contributed by atoms with Gasteiger partial charge in [-0.05, 0) is 99.0 Å². The van der Waals surface area contributed by atoms with E-state index in [0.29, 0.717) is 11.6 Å². The minimum Gasteiger partial charge on any atom is -0.369 e. The zero-order chi connectivity index (χ0) is 24.2. The zero-order valence-corrected chi connectivity index (χ0v) is 20.4. The van der Waals surface area contributed by atoms with Gasteiger partial charge in [-0.3, -0.25) is 14.9 Å². The standard InChI is InChI=1S/C27H31N3O3/c1-15-9-8-10-22(18(15)4)30-25(32)21(24(31)28-26(30)33)13-19-12-20-17(3)14-27(5,6)29(7)23(20)11-16(19)2/h8-13,17H,14H2,1-7H3,(H,28,31,33)/b21-13+/t17-/m1/s1. The van der Waals surface area contributed by atoms with Gasteiger partial charge in [-0.1, -0.05) is 19.1 Å². The van der Waals surface area contributed by atoms with Gasteiger partial charge >= 0.3 is 6.03 Å². The second-order valence-electron chi connectivity index (χ2n) is 9.92. The summed E-state index contributed by atoms with van der Waals surface area (Å²) in [4.78, 5) is 42.0. The number of amides is 4. The van der Waals surface area contributed by atoms with E-state index in [1.54, 1.807) is 18.2 Å². The maximum Gasteiger partial charge on any atom is 0.335 e. The predicted octanol–water partition coefficient (Wildman–Crippen LogP) is 5.00. The molecular weight excluding hydrogens is 414 g/mol. The number of urea groups is 1. The lowest BCUT2D eigenvalue weighted by atomic mass is 9.79. The van der Waals surface area contributed by atoms with E-state index in [4.69, 9.17) is 0 Å². The number of carbonyl (C=O) groups excluding carboxylic acids is 3. The summed E-state index contributed by atoms with van der Waals surface area (Å²) < 4.78 is 0. The summed E-state index contributed by atoms with van der Waals surface area (Å²) in [5, 5.41) is 2.33. The highest BCUT2D eigenvalue weighted by molar-refractivity contribution is 6.39. The van der Waals surface area contributed by atoms with Crippen molar-refractivity contribution in [3.63, 3.8) is 0 Å². The van der Waals surface area contributed by atoms with E-state index in [9.17, 15) is 14.4 Å². The molecule has 2 aliphatic rings. The molecule has 1 N–H and O–H groups in total. The van der Waals surface area contributed by atoms with Crippen LogP contribution in [0.5, 0.6) is 0 Å². The first kappa shape index (κ1) is 22.8. The first-order chi connectivity index (χ1) is 15.4. The number of imide groups is 2. The topological polar surface area (TPSA) is 69.7 Å². The fraction of sp³-hybridized carbons (Fsp3) is 0.370. The van der Waals surface area contributed by atoms with Crippen LogP contribution in [0.1, 0.15) is 60.9 Å². The molecule has 1 fully saturated rings. The summed E-state index contributed by atoms with van der Waals surface area (Å²) in [6.45, 7) is 12.4. The van der Waals surface area contributed by atoms with Gasteiger partial charge in [-0.2, -0.15) is 0 Å². The number of hydrogen-bond donors (Lipinski definition) is 1. The molecule has 33 heavy (non-hydrogen) atoms. The van der Waals surface area contributed by atoms with Gasteiger partial charge in [0.15, 0.2) is 0 Å². The Morgan fingerprint density at radius 1 is 1.03 bits per heavy atom. The molecule has 0 aromatic heterocycles. The molecule has 2 aliphatic heterocycles. The summed E-state index contributed by atoms with van der Waals surface area (Å²) >= 11 is 0. The number of nitrogens with zero attached hydrogens (tertiary/aromatic N) is 2. The highest BCUT2D eigenvalue weighted by Gasteiger charge is 2.38. The molecule has 1 atom stereocenters. The van der Waals surface area contributed by atoms with Crippen LogP contribution in [0.3, 0.4) is 0 Å². The van der Waals surface area contributed by atoms with E-state index >= 15 is 0 Å². The second-order valence-corrected chi connectivity index (χ2v) is 9.92. The van der Waals surface area contributed by atoms with E-state index in [2.05, 4.69) is 50.2 Å². The Morgan fingerprint density at radius 2 is 1.73 bits per heavy atom. The lowest BCUT2D eigenvalue weighted by Crippen LogP contribution is -2.54. The van der Waals surface area contributed by atoms with Gasteiger partial charge in [-0.25, -0.2) is 9.69 Å². The number of anilines is 2. The number of aryl methyl sites for hydroxylation is 2. The third-order valence-electron chi connectivity index (χ3n) is 7.24. The summed E-state index contributed by atoms with van der Waals surface area (Å²) in [7, 11) is 2.11. The Labute approximate surface area is 195 Å². The zero-order valence-electron chi connectivity index (χ0n) is 20.4. The third-order valence-corrected chi connectivity index (χ3v) is 7.24. The van der Waals surface area contributed by atoms with Crippen LogP contribution in [-0.4, -0.2) is 30.4 Å². The molecule has 4 rings (SSSR count). The Hall–Kier alpha value is -3.41. The highest BCUT2D eigenvalue weighted by Crippen LogP contribution is 2.43. The Morgan fingerprint density at radius 3 is 2.42 bits per heavy atom. The van der Waals surface area contributed by atoms with Crippen molar-refractivity contribution in [2.45, 2.75) is 59.4 Å². The van der Waals surface area contributed by atoms with Crippen LogP contribution >= 0.6 is 0 Å². The largest absolute Gasteiger partial charge is 0.369 e. The van der Waals surface area contributed by atoms with Crippen molar-refractivity contribution < 1.29 is 14.4 Å². The molecule has 2 aromatic rings. The minimum atomic E-state index is -0.726. The van der Waals surface area contributed by atoms with Crippen LogP contribution in [0.4, 0.5) is 16.2 Å². The van der Waals surface area contributed by atoms with Crippen molar-refractivity contribution in [2.24, 2.45) is 0 Å². The van der Waals surface area contributed by atoms with Crippen molar-refractivity contribution in [1.29, 1.82) is 0 Å². The predicted molar refractivity (Wildman–Crippen MR) is 132 cm³/mol. The Bertz CT molecular complexity index is 1230. The molecule has 1 saturated heterocycles. The molecular formula is C27H31N3O3. The van der Waals surface area contributed by atoms with Crippen molar-refractivity contribution in [3.05, 3.63) is 63.7 Å². The molecule has 0 radical (unpaired) electrons. The van der Waals surface area contributed by atoms with E-state index in [1.165, 1.54) is 11.3 Å². The number of benzene rings is 2. The summed E-state index contributed by atoms with van der Waals surface area (Å²) in [5.74, 6) is -0.941. The quantitative estimate of drug-likeness (QED) is 0.522. The lowest BCUT2D eigenvalue weighted by molar-refractivity contribution is -0.122. The molecule has 2 heterocycles. The van der Waals surface area contributed by atoms with E-state index in [1.807, 2.05) is 26.8 Å².